The van der Waals surface area contributed by atoms with Crippen LogP contribution in [0.5, 0.6) is 0 Å². The molecule has 0 radical (unpaired) electrons. The Morgan fingerprint density at radius 3 is 2.64 bits per heavy atom. The van der Waals surface area contributed by atoms with Gasteiger partial charge in [0, 0.05) is 28.9 Å². The van der Waals surface area contributed by atoms with Crippen LogP contribution in [0.4, 0.5) is 17.1 Å². The van der Waals surface area contributed by atoms with Crippen molar-refractivity contribution < 1.29 is 19.3 Å². The summed E-state index contributed by atoms with van der Waals surface area (Å²) in [5.41, 5.74) is 1.60. The Labute approximate surface area is 189 Å². The summed E-state index contributed by atoms with van der Waals surface area (Å²) in [4.78, 5) is 55.3. The first-order valence-electron chi connectivity index (χ1n) is 11.1. The molecule has 168 valence electrons. The van der Waals surface area contributed by atoms with Gasteiger partial charge in [-0.1, -0.05) is 23.8 Å². The third-order valence-corrected chi connectivity index (χ3v) is 7.80. The molecule has 3 fully saturated rings. The summed E-state index contributed by atoms with van der Waals surface area (Å²) in [7, 11) is 0. The summed E-state index contributed by atoms with van der Waals surface area (Å²) < 4.78 is 0. The number of fused-ring (bicyclic) bond motifs is 7. The Balaban J connectivity index is 1.54. The molecule has 4 aliphatic rings. The molecule has 0 aromatic heterocycles. The molecule has 4 atom stereocenters. The van der Waals surface area contributed by atoms with Crippen molar-refractivity contribution in [2.75, 3.05) is 16.8 Å². The number of carbonyl (C=O) groups excluding carboxylic acids is 3. The van der Waals surface area contributed by atoms with Crippen LogP contribution in [0.15, 0.2) is 36.4 Å². The van der Waals surface area contributed by atoms with E-state index < -0.39 is 28.2 Å². The van der Waals surface area contributed by atoms with Crippen molar-refractivity contribution in [3.63, 3.8) is 0 Å². The van der Waals surface area contributed by atoms with Crippen LogP contribution in [0, 0.1) is 35.8 Å². The minimum atomic E-state index is -1.24. The van der Waals surface area contributed by atoms with E-state index in [1.54, 1.807) is 19.1 Å². The summed E-state index contributed by atoms with van der Waals surface area (Å²) in [5.74, 6) is -2.68. The zero-order valence-electron chi connectivity index (χ0n) is 18.2. The fraction of sp³-hybridized carbons (Fsp3) is 0.375. The number of benzene rings is 2. The molecule has 4 heterocycles. The summed E-state index contributed by atoms with van der Waals surface area (Å²) in [6.45, 7) is 4.18. The molecule has 6 rings (SSSR count). The van der Waals surface area contributed by atoms with Crippen LogP contribution in [0.1, 0.15) is 29.5 Å². The minimum Gasteiger partial charge on any atom is -0.324 e. The highest BCUT2D eigenvalue weighted by molar-refractivity contribution is 6.26. The highest BCUT2D eigenvalue weighted by atomic mass is 16.6. The molecular formula is C24H22N4O5. The van der Waals surface area contributed by atoms with Crippen LogP contribution in [0.25, 0.3) is 0 Å². The third kappa shape index (κ3) is 2.32. The van der Waals surface area contributed by atoms with Crippen LogP contribution in [-0.4, -0.2) is 40.1 Å². The molecule has 33 heavy (non-hydrogen) atoms. The van der Waals surface area contributed by atoms with Crippen molar-refractivity contribution >= 4 is 34.8 Å². The topological polar surface area (TPSA) is 113 Å². The highest BCUT2D eigenvalue weighted by Crippen LogP contribution is 2.60. The molecule has 3 amide bonds. The Morgan fingerprint density at radius 1 is 1.09 bits per heavy atom. The monoisotopic (exact) mass is 446 g/mol. The second kappa shape index (κ2) is 6.48. The summed E-state index contributed by atoms with van der Waals surface area (Å²) >= 11 is 0. The fourth-order valence-corrected chi connectivity index (χ4v) is 6.50. The van der Waals surface area contributed by atoms with E-state index in [9.17, 15) is 24.5 Å². The number of nitrogens with zero attached hydrogens (tertiary/aromatic N) is 3. The maximum Gasteiger partial charge on any atom is 0.274 e. The van der Waals surface area contributed by atoms with Crippen molar-refractivity contribution in [2.45, 2.75) is 38.3 Å². The smallest absolute Gasteiger partial charge is 0.274 e. The lowest BCUT2D eigenvalue weighted by Crippen LogP contribution is -2.54. The van der Waals surface area contributed by atoms with Crippen LogP contribution in [0.3, 0.4) is 0 Å². The van der Waals surface area contributed by atoms with E-state index in [1.807, 2.05) is 25.1 Å². The number of hydrogen-bond donors (Lipinski definition) is 1. The first-order chi connectivity index (χ1) is 15.8. The number of nitro groups is 1. The predicted molar refractivity (Wildman–Crippen MR) is 119 cm³/mol. The second-order valence-electron chi connectivity index (χ2n) is 9.42. The third-order valence-electron chi connectivity index (χ3n) is 7.80. The van der Waals surface area contributed by atoms with Gasteiger partial charge in [-0.15, -0.1) is 0 Å². The number of imide groups is 1. The zero-order chi connectivity index (χ0) is 23.2. The van der Waals surface area contributed by atoms with Crippen LogP contribution in [-0.2, 0) is 19.9 Å². The van der Waals surface area contributed by atoms with Crippen LogP contribution in [0.2, 0.25) is 0 Å². The number of nitro benzene ring substituents is 1. The number of amides is 3. The predicted octanol–water partition coefficient (Wildman–Crippen LogP) is 2.64. The number of aryl methyl sites for hydroxylation is 2. The van der Waals surface area contributed by atoms with Gasteiger partial charge < -0.3 is 5.32 Å². The highest BCUT2D eigenvalue weighted by Gasteiger charge is 2.74. The van der Waals surface area contributed by atoms with Gasteiger partial charge in [-0.2, -0.15) is 0 Å². The first-order valence-corrected chi connectivity index (χ1v) is 11.1. The molecule has 9 heteroatoms. The summed E-state index contributed by atoms with van der Waals surface area (Å²) in [6.07, 6.45) is 1.56. The minimum absolute atomic E-state index is 0.151. The lowest BCUT2D eigenvalue weighted by molar-refractivity contribution is -0.385. The molecule has 9 nitrogen and oxygen atoms in total. The van der Waals surface area contributed by atoms with Crippen LogP contribution < -0.4 is 10.2 Å². The van der Waals surface area contributed by atoms with Gasteiger partial charge in [0.1, 0.15) is 5.54 Å². The molecule has 1 N–H and O–H groups in total. The van der Waals surface area contributed by atoms with E-state index in [0.717, 1.165) is 28.9 Å². The van der Waals surface area contributed by atoms with E-state index >= 15 is 0 Å². The van der Waals surface area contributed by atoms with Gasteiger partial charge in [-0.3, -0.25) is 29.4 Å². The first kappa shape index (κ1) is 20.0. The molecule has 3 saturated heterocycles. The average Bonchev–Trinajstić information content (AvgIpc) is 3.47. The SMILES string of the molecule is Cc1ccc2c(c1)[C@]1(C(=O)N2)[C@@H]2C(=O)N(c3ccc(C)c([N+](=O)[O-])c3)C(=O)[C@H]2[C@@H]2CCCN21. The molecular weight excluding hydrogens is 424 g/mol. The zero-order valence-corrected chi connectivity index (χ0v) is 18.2. The van der Waals surface area contributed by atoms with E-state index in [2.05, 4.69) is 10.2 Å². The number of hydrogen-bond acceptors (Lipinski definition) is 6. The van der Waals surface area contributed by atoms with E-state index in [-0.39, 0.29) is 29.2 Å². The molecule has 0 bridgehead atoms. The van der Waals surface area contributed by atoms with Crippen molar-refractivity contribution in [1.29, 1.82) is 0 Å². The fourth-order valence-electron chi connectivity index (χ4n) is 6.50. The number of rotatable bonds is 2. The molecule has 0 saturated carbocycles. The van der Waals surface area contributed by atoms with Crippen molar-refractivity contribution in [3.05, 3.63) is 63.2 Å². The van der Waals surface area contributed by atoms with Gasteiger partial charge in [0.25, 0.3) is 5.69 Å². The number of nitrogens with one attached hydrogen (secondary N) is 1. The lowest BCUT2D eigenvalue weighted by atomic mass is 9.75. The standard InChI is InChI=1S/C24H22N4O5/c1-12-5-8-16-15(10-12)24(23(31)25-16)20-19(17-4-3-9-26(17)24)21(29)27(22(20)30)14-7-6-13(2)18(11-14)28(32)33/h5-8,10-11,17,19-20H,3-4,9H2,1-2H3,(H,25,31)/t17-,19-,20-,24+/m0/s1. The van der Waals surface area contributed by atoms with E-state index in [0.29, 0.717) is 17.8 Å². The lowest BCUT2D eigenvalue weighted by Gasteiger charge is -2.36. The van der Waals surface area contributed by atoms with Gasteiger partial charge in [-0.05, 0) is 45.4 Å². The number of carbonyl (C=O) groups is 3. The molecule has 4 aliphatic heterocycles. The second-order valence-corrected chi connectivity index (χ2v) is 9.42. The number of anilines is 2. The van der Waals surface area contributed by atoms with Crippen molar-refractivity contribution in [1.82, 2.24) is 4.90 Å². The van der Waals surface area contributed by atoms with Crippen molar-refractivity contribution in [2.24, 2.45) is 11.8 Å². The summed E-state index contributed by atoms with van der Waals surface area (Å²) in [6, 6.07) is 9.84. The Morgan fingerprint density at radius 2 is 1.88 bits per heavy atom. The Bertz CT molecular complexity index is 1290. The quantitative estimate of drug-likeness (QED) is 0.431. The van der Waals surface area contributed by atoms with Gasteiger partial charge in [0.15, 0.2) is 0 Å². The molecule has 0 unspecified atom stereocenters. The van der Waals surface area contributed by atoms with Crippen LogP contribution >= 0.6 is 0 Å². The van der Waals surface area contributed by atoms with Gasteiger partial charge in [-0.25, -0.2) is 4.90 Å². The molecule has 2 aromatic carbocycles. The van der Waals surface area contributed by atoms with E-state index in [1.165, 1.54) is 6.07 Å². The Kier molecular flexibility index (Phi) is 3.93. The maximum absolute atomic E-state index is 13.9. The Hall–Kier alpha value is -3.59. The normalized spacial score (nSPS) is 30.1. The molecule has 1 spiro atoms. The van der Waals surface area contributed by atoms with Gasteiger partial charge in [0.2, 0.25) is 17.7 Å². The average molecular weight is 446 g/mol. The summed E-state index contributed by atoms with van der Waals surface area (Å²) in [5, 5.41) is 14.4. The van der Waals surface area contributed by atoms with Gasteiger partial charge >= 0.3 is 0 Å². The van der Waals surface area contributed by atoms with Gasteiger partial charge in [0.05, 0.1) is 22.4 Å². The van der Waals surface area contributed by atoms with Crippen molar-refractivity contribution in [3.8, 4) is 0 Å². The maximum atomic E-state index is 13.9. The molecule has 0 aliphatic carbocycles. The molecule has 2 aromatic rings. The van der Waals surface area contributed by atoms with E-state index in [4.69, 9.17) is 0 Å². The largest absolute Gasteiger partial charge is 0.324 e.